The zero-order chi connectivity index (χ0) is 18.9. The highest BCUT2D eigenvalue weighted by molar-refractivity contribution is 6.04. The monoisotopic (exact) mass is 353 g/mol. The summed E-state index contributed by atoms with van der Waals surface area (Å²) in [5.41, 5.74) is 1.56. The Morgan fingerprint density at radius 2 is 1.81 bits per heavy atom. The van der Waals surface area contributed by atoms with Crippen molar-refractivity contribution in [2.75, 3.05) is 5.32 Å². The Kier molecular flexibility index (Phi) is 4.33. The van der Waals surface area contributed by atoms with E-state index >= 15 is 0 Å². The summed E-state index contributed by atoms with van der Waals surface area (Å²) in [6.45, 7) is 5.01. The van der Waals surface area contributed by atoms with Crippen LogP contribution in [0.4, 0.5) is 5.69 Å². The summed E-state index contributed by atoms with van der Waals surface area (Å²) in [4.78, 5) is 23.7. The highest BCUT2D eigenvalue weighted by atomic mass is 16.4. The van der Waals surface area contributed by atoms with Gasteiger partial charge in [0.2, 0.25) is 0 Å². The molecule has 8 heteroatoms. The van der Waals surface area contributed by atoms with Gasteiger partial charge in [-0.2, -0.15) is 10.2 Å². The van der Waals surface area contributed by atoms with E-state index in [1.54, 1.807) is 23.0 Å². The number of nitrogens with one attached hydrogen (secondary N) is 1. The van der Waals surface area contributed by atoms with Crippen LogP contribution in [0.1, 0.15) is 29.9 Å². The summed E-state index contributed by atoms with van der Waals surface area (Å²) < 4.78 is 3.08. The lowest BCUT2D eigenvalue weighted by molar-refractivity contribution is -0.146. The number of aryl methyl sites for hydroxylation is 1. The molecule has 0 saturated heterocycles. The van der Waals surface area contributed by atoms with Crippen molar-refractivity contribution < 1.29 is 14.7 Å². The number of aromatic nitrogens is 4. The van der Waals surface area contributed by atoms with Crippen LogP contribution in [0.15, 0.2) is 48.9 Å². The van der Waals surface area contributed by atoms with Crippen LogP contribution < -0.4 is 5.32 Å². The summed E-state index contributed by atoms with van der Waals surface area (Å²) in [5.74, 6) is -1.32. The summed E-state index contributed by atoms with van der Waals surface area (Å²) in [6, 6.07) is 8.93. The van der Waals surface area contributed by atoms with E-state index in [0.717, 1.165) is 11.4 Å². The van der Waals surface area contributed by atoms with Crippen molar-refractivity contribution in [2.24, 2.45) is 0 Å². The molecular formula is C18H19N5O3. The molecule has 8 nitrogen and oxygen atoms in total. The van der Waals surface area contributed by atoms with E-state index in [4.69, 9.17) is 0 Å². The van der Waals surface area contributed by atoms with E-state index < -0.39 is 11.5 Å². The van der Waals surface area contributed by atoms with Crippen LogP contribution in [0.25, 0.3) is 5.69 Å². The van der Waals surface area contributed by atoms with Crippen molar-refractivity contribution in [2.45, 2.75) is 26.3 Å². The van der Waals surface area contributed by atoms with E-state index in [9.17, 15) is 14.7 Å². The third kappa shape index (κ3) is 3.21. The van der Waals surface area contributed by atoms with Gasteiger partial charge in [0.25, 0.3) is 5.91 Å². The molecule has 26 heavy (non-hydrogen) atoms. The molecule has 0 spiro atoms. The second-order valence-corrected chi connectivity index (χ2v) is 6.42. The standard InChI is InChI=1S/C18H19N5O3/c1-12-8-9-19-23(12)15-6-4-13(5-7-15)16(24)21-14-10-20-22(11-14)18(2,3)17(25)26/h4-11H,1-3H3,(H,21,24)(H,25,26). The molecule has 2 heterocycles. The normalized spacial score (nSPS) is 11.3. The van der Waals surface area contributed by atoms with Crippen LogP contribution in [0.5, 0.6) is 0 Å². The van der Waals surface area contributed by atoms with Gasteiger partial charge in [-0.25, -0.2) is 9.48 Å². The molecule has 0 fully saturated rings. The van der Waals surface area contributed by atoms with Gasteiger partial charge in [-0.05, 0) is 51.1 Å². The molecule has 0 saturated carbocycles. The molecule has 0 aliphatic heterocycles. The maximum absolute atomic E-state index is 12.4. The minimum absolute atomic E-state index is 0.304. The molecule has 0 unspecified atom stereocenters. The third-order valence-electron chi connectivity index (χ3n) is 4.14. The first kappa shape index (κ1) is 17.4. The fraction of sp³-hybridized carbons (Fsp3) is 0.222. The quantitative estimate of drug-likeness (QED) is 0.733. The number of anilines is 1. The van der Waals surface area contributed by atoms with Crippen molar-refractivity contribution in [3.63, 3.8) is 0 Å². The Morgan fingerprint density at radius 1 is 1.12 bits per heavy atom. The summed E-state index contributed by atoms with van der Waals surface area (Å²) in [5, 5.41) is 20.2. The van der Waals surface area contributed by atoms with Crippen molar-refractivity contribution in [1.82, 2.24) is 19.6 Å². The molecule has 3 rings (SSSR count). The van der Waals surface area contributed by atoms with E-state index in [1.807, 2.05) is 25.1 Å². The first-order valence-corrected chi connectivity index (χ1v) is 8.00. The van der Waals surface area contributed by atoms with Crippen LogP contribution in [-0.2, 0) is 10.3 Å². The van der Waals surface area contributed by atoms with Crippen LogP contribution in [0, 0.1) is 6.92 Å². The van der Waals surface area contributed by atoms with E-state index in [-0.39, 0.29) is 5.91 Å². The summed E-state index contributed by atoms with van der Waals surface area (Å²) >= 11 is 0. The minimum atomic E-state index is -1.20. The fourth-order valence-electron chi connectivity index (χ4n) is 2.39. The number of amides is 1. The minimum Gasteiger partial charge on any atom is -0.479 e. The number of aliphatic carboxylic acids is 1. The Bertz CT molecular complexity index is 953. The van der Waals surface area contributed by atoms with Crippen molar-refractivity contribution in [1.29, 1.82) is 0 Å². The molecule has 1 amide bonds. The average molecular weight is 353 g/mol. The molecule has 0 radical (unpaired) electrons. The van der Waals surface area contributed by atoms with Gasteiger partial charge >= 0.3 is 5.97 Å². The highest BCUT2D eigenvalue weighted by Gasteiger charge is 2.30. The largest absolute Gasteiger partial charge is 0.479 e. The Morgan fingerprint density at radius 3 is 2.38 bits per heavy atom. The van der Waals surface area contributed by atoms with Crippen LogP contribution in [0.2, 0.25) is 0 Å². The van der Waals surface area contributed by atoms with Gasteiger partial charge in [0, 0.05) is 23.7 Å². The zero-order valence-electron chi connectivity index (χ0n) is 14.7. The molecule has 134 valence electrons. The van der Waals surface area contributed by atoms with Gasteiger partial charge in [-0.1, -0.05) is 0 Å². The summed E-state index contributed by atoms with van der Waals surface area (Å²) in [7, 11) is 0. The van der Waals surface area contributed by atoms with Gasteiger partial charge < -0.3 is 10.4 Å². The number of nitrogens with zero attached hydrogens (tertiary/aromatic N) is 4. The SMILES string of the molecule is Cc1ccnn1-c1ccc(C(=O)Nc2cnn(C(C)(C)C(=O)O)c2)cc1. The lowest BCUT2D eigenvalue weighted by Gasteiger charge is -2.19. The van der Waals surface area contributed by atoms with E-state index in [2.05, 4.69) is 15.5 Å². The summed E-state index contributed by atoms with van der Waals surface area (Å²) in [6.07, 6.45) is 4.63. The van der Waals surface area contributed by atoms with Crippen LogP contribution in [-0.4, -0.2) is 36.5 Å². The first-order valence-electron chi connectivity index (χ1n) is 8.00. The van der Waals surface area contributed by atoms with Gasteiger partial charge in [-0.3, -0.25) is 9.48 Å². The first-order chi connectivity index (χ1) is 12.3. The Labute approximate surface area is 150 Å². The molecule has 2 aromatic heterocycles. The molecule has 0 bridgehead atoms. The lowest BCUT2D eigenvalue weighted by atomic mass is 10.1. The van der Waals surface area contributed by atoms with Crippen LogP contribution in [0.3, 0.4) is 0 Å². The Hall–Kier alpha value is -3.42. The number of benzene rings is 1. The third-order valence-corrected chi connectivity index (χ3v) is 4.14. The van der Waals surface area contributed by atoms with Crippen molar-refractivity contribution in [3.8, 4) is 5.69 Å². The van der Waals surface area contributed by atoms with Crippen LogP contribution >= 0.6 is 0 Å². The predicted molar refractivity (Wildman–Crippen MR) is 95.4 cm³/mol. The van der Waals surface area contributed by atoms with Gasteiger partial charge in [-0.15, -0.1) is 0 Å². The van der Waals surface area contributed by atoms with Crippen molar-refractivity contribution in [3.05, 3.63) is 60.2 Å². The topological polar surface area (TPSA) is 102 Å². The molecule has 2 N–H and O–H groups in total. The maximum atomic E-state index is 12.4. The fourth-order valence-corrected chi connectivity index (χ4v) is 2.39. The van der Waals surface area contributed by atoms with E-state index in [0.29, 0.717) is 11.3 Å². The number of carboxylic acids is 1. The second kappa shape index (κ2) is 6.47. The number of carboxylic acid groups (broad SMARTS) is 1. The molecule has 0 aliphatic rings. The molecular weight excluding hydrogens is 334 g/mol. The average Bonchev–Trinajstić information content (AvgIpc) is 3.24. The number of hydrogen-bond acceptors (Lipinski definition) is 4. The molecule has 0 aliphatic carbocycles. The Balaban J connectivity index is 1.74. The second-order valence-electron chi connectivity index (χ2n) is 6.42. The highest BCUT2D eigenvalue weighted by Crippen LogP contribution is 2.18. The zero-order valence-corrected chi connectivity index (χ0v) is 14.7. The number of carbonyl (C=O) groups excluding carboxylic acids is 1. The lowest BCUT2D eigenvalue weighted by Crippen LogP contribution is -2.35. The smallest absolute Gasteiger partial charge is 0.331 e. The van der Waals surface area contributed by atoms with Gasteiger partial charge in [0.15, 0.2) is 5.54 Å². The van der Waals surface area contributed by atoms with Gasteiger partial charge in [0.05, 0.1) is 17.6 Å². The molecule has 1 aromatic carbocycles. The number of carbonyl (C=O) groups is 2. The van der Waals surface area contributed by atoms with Gasteiger partial charge in [0.1, 0.15) is 0 Å². The molecule has 3 aromatic rings. The maximum Gasteiger partial charge on any atom is 0.331 e. The van der Waals surface area contributed by atoms with E-state index in [1.165, 1.54) is 30.9 Å². The number of hydrogen-bond donors (Lipinski definition) is 2. The van der Waals surface area contributed by atoms with Crippen molar-refractivity contribution >= 4 is 17.6 Å². The molecule has 0 atom stereocenters. The number of rotatable bonds is 5. The predicted octanol–water partition coefficient (Wildman–Crippen LogP) is 2.45.